The van der Waals surface area contributed by atoms with Crippen molar-refractivity contribution in [3.8, 4) is 0 Å². The van der Waals surface area contributed by atoms with Crippen LogP contribution in [0.25, 0.3) is 0 Å². The average molecular weight is 964 g/mol. The number of carbonyl (C=O) groups excluding carboxylic acids is 3. The van der Waals surface area contributed by atoms with Gasteiger partial charge in [-0.2, -0.15) is 0 Å². The number of ketones is 1. The maximum absolute atomic E-state index is 14.3. The first-order valence-corrected chi connectivity index (χ1v) is 25.9. The van der Waals surface area contributed by atoms with Crippen LogP contribution in [0.4, 0.5) is 0 Å². The van der Waals surface area contributed by atoms with Crippen LogP contribution in [0.5, 0.6) is 0 Å². The van der Waals surface area contributed by atoms with Gasteiger partial charge in [-0.1, -0.05) is 40.2 Å². The van der Waals surface area contributed by atoms with Crippen LogP contribution in [0.3, 0.4) is 0 Å². The van der Waals surface area contributed by atoms with Crippen LogP contribution >= 0.6 is 0 Å². The Hall–Kier alpha value is -2.09. The summed E-state index contributed by atoms with van der Waals surface area (Å²) >= 11 is 0. The van der Waals surface area contributed by atoms with E-state index in [0.717, 1.165) is 18.4 Å². The smallest absolute Gasteiger partial charge is 0.311 e. The Morgan fingerprint density at radius 2 is 1.62 bits per heavy atom. The minimum Gasteiger partial charge on any atom is -0.459 e. The number of nitrogens with zero attached hydrogens (tertiary/aromatic N) is 2. The Labute approximate surface area is 405 Å². The van der Waals surface area contributed by atoms with E-state index in [9.17, 15) is 50.1 Å². The topological polar surface area (TPSA) is 239 Å². The number of hydrogen-bond acceptors (Lipinski definition) is 15. The first kappa shape index (κ1) is 55.2. The van der Waals surface area contributed by atoms with Gasteiger partial charge < -0.3 is 60.2 Å². The van der Waals surface area contributed by atoms with Gasteiger partial charge in [0.15, 0.2) is 12.1 Å². The Morgan fingerprint density at radius 1 is 0.941 bits per heavy atom. The summed E-state index contributed by atoms with van der Waals surface area (Å²) < 4.78 is 18.6. The molecule has 4 aliphatic carbocycles. The third kappa shape index (κ3) is 10.3. The highest BCUT2D eigenvalue weighted by atomic mass is 16.7. The number of ether oxygens (including phenoxy) is 3. The van der Waals surface area contributed by atoms with E-state index in [0.29, 0.717) is 45.2 Å². The molecule has 1 amide bonds. The lowest BCUT2D eigenvalue weighted by Gasteiger charge is -2.60. The molecule has 21 atom stereocenters. The third-order valence-electron chi connectivity index (χ3n) is 18.6. The van der Waals surface area contributed by atoms with E-state index in [1.54, 1.807) is 33.8 Å². The first-order chi connectivity index (χ1) is 31.5. The van der Waals surface area contributed by atoms with Crippen molar-refractivity contribution in [3.05, 3.63) is 11.6 Å². The van der Waals surface area contributed by atoms with Gasteiger partial charge in [-0.3, -0.25) is 19.3 Å². The molecule has 0 aromatic heterocycles. The maximum Gasteiger partial charge on any atom is 0.311 e. The quantitative estimate of drug-likeness (QED) is 0.122. The predicted molar refractivity (Wildman–Crippen MR) is 255 cm³/mol. The van der Waals surface area contributed by atoms with Crippen LogP contribution in [0.15, 0.2) is 11.6 Å². The molecule has 0 spiro atoms. The number of aliphatic hydroxyl groups excluding tert-OH is 4. The van der Waals surface area contributed by atoms with E-state index in [-0.39, 0.29) is 79.2 Å². The molecule has 16 nitrogen and oxygen atoms in total. The van der Waals surface area contributed by atoms with Crippen molar-refractivity contribution in [2.24, 2.45) is 46.3 Å². The number of esters is 1. The second-order valence-corrected chi connectivity index (χ2v) is 23.8. The number of likely N-dealkylation sites (N-methyl/N-ethyl adjacent to an activating group) is 1. The molecule has 2 aliphatic heterocycles. The van der Waals surface area contributed by atoms with Crippen LogP contribution in [0.2, 0.25) is 0 Å². The van der Waals surface area contributed by atoms with Gasteiger partial charge in [0.2, 0.25) is 0 Å². The molecule has 5 fully saturated rings. The second-order valence-electron chi connectivity index (χ2n) is 23.8. The number of fused-ring (bicyclic) bond motifs is 5. The Balaban J connectivity index is 1.20. The Kier molecular flexibility index (Phi) is 16.9. The zero-order valence-electron chi connectivity index (χ0n) is 43.2. The third-order valence-corrected chi connectivity index (χ3v) is 18.6. The van der Waals surface area contributed by atoms with Crippen LogP contribution in [-0.2, 0) is 28.6 Å². The van der Waals surface area contributed by atoms with Crippen LogP contribution < -0.4 is 5.32 Å². The number of rotatable bonds is 9. The average Bonchev–Trinajstić information content (AvgIpc) is 3.54. The largest absolute Gasteiger partial charge is 0.459 e. The summed E-state index contributed by atoms with van der Waals surface area (Å²) in [5, 5.41) is 87.1. The molecule has 6 aliphatic rings. The normalized spacial score (nSPS) is 48.9. The van der Waals surface area contributed by atoms with Crippen molar-refractivity contribution in [1.29, 1.82) is 0 Å². The van der Waals surface area contributed by atoms with Gasteiger partial charge in [0.05, 0.1) is 35.9 Å². The van der Waals surface area contributed by atoms with E-state index in [4.69, 9.17) is 14.2 Å². The van der Waals surface area contributed by atoms with E-state index in [2.05, 4.69) is 12.2 Å². The zero-order valence-corrected chi connectivity index (χ0v) is 43.2. The number of carbonyl (C=O) groups is 3. The van der Waals surface area contributed by atoms with Crippen molar-refractivity contribution in [1.82, 2.24) is 15.1 Å². The van der Waals surface area contributed by atoms with Crippen LogP contribution in [0.1, 0.15) is 140 Å². The van der Waals surface area contributed by atoms with Gasteiger partial charge in [0.1, 0.15) is 29.5 Å². The lowest BCUT2D eigenvalue weighted by molar-refractivity contribution is -0.299. The molecule has 68 heavy (non-hydrogen) atoms. The summed E-state index contributed by atoms with van der Waals surface area (Å²) in [6, 6.07) is -1.03. The van der Waals surface area contributed by atoms with Crippen molar-refractivity contribution in [2.75, 3.05) is 33.7 Å². The van der Waals surface area contributed by atoms with Gasteiger partial charge in [0, 0.05) is 49.5 Å². The lowest BCUT2D eigenvalue weighted by atomic mass is 9.45. The summed E-state index contributed by atoms with van der Waals surface area (Å²) in [6.45, 7) is 18.5. The Bertz CT molecular complexity index is 1830. The highest BCUT2D eigenvalue weighted by molar-refractivity contribution is 5.91. The number of nitrogens with one attached hydrogen (secondary N) is 1. The Morgan fingerprint density at radius 3 is 2.26 bits per heavy atom. The fraction of sp³-hybridized carbons (Fsp3) is 0.904. The number of amides is 1. The highest BCUT2D eigenvalue weighted by Gasteiger charge is 2.68. The highest BCUT2D eigenvalue weighted by Crippen LogP contribution is 2.67. The summed E-state index contributed by atoms with van der Waals surface area (Å²) in [5.74, 6) is -3.33. The molecule has 16 heteroatoms. The monoisotopic (exact) mass is 964 g/mol. The predicted octanol–water partition coefficient (Wildman–Crippen LogP) is 3.09. The van der Waals surface area contributed by atoms with Gasteiger partial charge in [0.25, 0.3) is 5.91 Å². The summed E-state index contributed by atoms with van der Waals surface area (Å²) in [7, 11) is 3.72. The number of aliphatic hydroxyl groups is 7. The number of cyclic esters (lactones) is 1. The second kappa shape index (κ2) is 20.8. The number of allylic oxidation sites excluding steroid dienone is 1. The molecule has 0 aromatic rings. The first-order valence-electron chi connectivity index (χ1n) is 25.9. The molecular weight excluding hydrogens is 875 g/mol. The molecule has 8 N–H and O–H groups in total. The summed E-state index contributed by atoms with van der Waals surface area (Å²) in [6.07, 6.45) is -1.37. The fourth-order valence-electron chi connectivity index (χ4n) is 14.6. The lowest BCUT2D eigenvalue weighted by Crippen LogP contribution is -2.63. The van der Waals surface area contributed by atoms with E-state index in [1.165, 1.54) is 13.8 Å². The molecule has 3 saturated carbocycles. The molecule has 0 bridgehead atoms. The minimum atomic E-state index is -1.93. The van der Waals surface area contributed by atoms with Crippen LogP contribution in [-0.4, -0.2) is 175 Å². The molecule has 5 unspecified atom stereocenters. The van der Waals surface area contributed by atoms with E-state index >= 15 is 0 Å². The van der Waals surface area contributed by atoms with Gasteiger partial charge in [-0.15, -0.1) is 0 Å². The van der Waals surface area contributed by atoms with Gasteiger partial charge in [-0.05, 0) is 148 Å². The van der Waals surface area contributed by atoms with Crippen molar-refractivity contribution in [3.63, 3.8) is 0 Å². The molecule has 390 valence electrons. The summed E-state index contributed by atoms with van der Waals surface area (Å²) in [4.78, 5) is 44.3. The maximum atomic E-state index is 14.3. The van der Waals surface area contributed by atoms with Gasteiger partial charge in [-0.25, -0.2) is 0 Å². The minimum absolute atomic E-state index is 0.0288. The zero-order chi connectivity index (χ0) is 50.6. The molecule has 6 rings (SSSR count). The molecule has 2 heterocycles. The van der Waals surface area contributed by atoms with Gasteiger partial charge >= 0.3 is 5.97 Å². The van der Waals surface area contributed by atoms with Crippen molar-refractivity contribution < 1.29 is 64.3 Å². The molecule has 2 saturated heterocycles. The standard InChI is InChI=1S/C52H89N3O13/c1-13-39-51(10,64)43(60)32(6)55(27-28(2)25-50(9,63)44(30(4)41(58)31(5)45(61)67-39)68-46-42(59)37(54(11)12)23-29(3)66-46)22-14-21-53-47(62)52(65)20-18-36-35-16-15-33-24-34(56)17-19-48(33,7)40(35)38(57)26-49(36,52)8/h24,28-32,35-44,46,57-60,63-65H,13-23,25-27H2,1-12H3,(H,53,62)/t28-,29-,30+,31-,32-,35?,36?,37-,38+,39-,40?,41?,42-,43-,44?,46+,48+,49+,50-,51-,52+/m1/s1. The summed E-state index contributed by atoms with van der Waals surface area (Å²) in [5.41, 5.74) is -5.30. The molecule has 0 radical (unpaired) electrons. The van der Waals surface area contributed by atoms with E-state index < -0.39 is 94.9 Å². The molecule has 0 aromatic carbocycles. The van der Waals surface area contributed by atoms with Crippen LogP contribution in [0, 0.1) is 46.3 Å². The van der Waals surface area contributed by atoms with Crippen molar-refractivity contribution >= 4 is 17.7 Å². The SMILES string of the molecule is CC[C@H]1OC(=O)[C@H](C)C(O)[C@H](C)C(O[C@@H]2O[C@H](C)C[C@@H](N(C)C)[C@H]2O)[C@](C)(O)C[C@@H](C)CN(CCCNC(=O)[C@@]2(O)CCC3C4CCC5=CC(=O)CC[C@]5(C)C4[C@@H](O)C[C@@]32C)[C@H](C)[C@@H](O)[C@]1(C)O. The van der Waals surface area contributed by atoms with E-state index in [1.807, 2.05) is 44.7 Å². The van der Waals surface area contributed by atoms with Crippen molar-refractivity contribution in [2.45, 2.75) is 218 Å². The molecular formula is C52H89N3O13. The number of hydrogen-bond donors (Lipinski definition) is 8. The fourth-order valence-corrected chi connectivity index (χ4v) is 14.6.